The van der Waals surface area contributed by atoms with Gasteiger partial charge in [-0.25, -0.2) is 0 Å². The maximum absolute atomic E-state index is 11.4. The van der Waals surface area contributed by atoms with Gasteiger partial charge in [0.2, 0.25) is 5.91 Å². The molecule has 0 saturated carbocycles. The average molecular weight is 229 g/mol. The number of carbonyl (C=O) groups excluding carboxylic acids is 1. The van der Waals surface area contributed by atoms with Crippen LogP contribution in [-0.2, 0) is 9.53 Å². The first-order valence-corrected chi connectivity index (χ1v) is 6.28. The summed E-state index contributed by atoms with van der Waals surface area (Å²) >= 11 is 0. The van der Waals surface area contributed by atoms with Crippen LogP contribution in [0.4, 0.5) is 0 Å². The Labute approximate surface area is 97.4 Å². The van der Waals surface area contributed by atoms with Crippen LogP contribution in [0.5, 0.6) is 0 Å². The number of hydrogen-bond acceptors (Lipinski definition) is 3. The standard InChI is InChI=1S/C12H23NO3/c1-2-10(14)9-13-12(15)7-6-11-5-3-4-8-16-11/h10-11,14H,2-9H2,1H3,(H,13,15). The number of aliphatic hydroxyl groups is 1. The fraction of sp³-hybridized carbons (Fsp3) is 0.917. The van der Waals surface area contributed by atoms with Crippen LogP contribution in [0.3, 0.4) is 0 Å². The maximum Gasteiger partial charge on any atom is 0.220 e. The van der Waals surface area contributed by atoms with Crippen LogP contribution in [0.15, 0.2) is 0 Å². The lowest BCUT2D eigenvalue weighted by molar-refractivity contribution is -0.122. The summed E-state index contributed by atoms with van der Waals surface area (Å²) in [5, 5.41) is 12.0. The highest BCUT2D eigenvalue weighted by atomic mass is 16.5. The van der Waals surface area contributed by atoms with Gasteiger partial charge in [-0.15, -0.1) is 0 Å². The van der Waals surface area contributed by atoms with Crippen LogP contribution >= 0.6 is 0 Å². The van der Waals surface area contributed by atoms with Crippen molar-refractivity contribution >= 4 is 5.91 Å². The van der Waals surface area contributed by atoms with Gasteiger partial charge in [-0.2, -0.15) is 0 Å². The van der Waals surface area contributed by atoms with Crippen molar-refractivity contribution < 1.29 is 14.6 Å². The molecule has 1 fully saturated rings. The molecule has 94 valence electrons. The van der Waals surface area contributed by atoms with Crippen LogP contribution < -0.4 is 5.32 Å². The van der Waals surface area contributed by atoms with Crippen LogP contribution in [0.2, 0.25) is 0 Å². The van der Waals surface area contributed by atoms with Crippen molar-refractivity contribution in [1.29, 1.82) is 0 Å². The molecular weight excluding hydrogens is 206 g/mol. The molecule has 1 aliphatic rings. The Kier molecular flexibility index (Phi) is 6.42. The average Bonchev–Trinajstić information content (AvgIpc) is 2.34. The van der Waals surface area contributed by atoms with Gasteiger partial charge in [-0.05, 0) is 32.1 Å². The lowest BCUT2D eigenvalue weighted by Gasteiger charge is -2.22. The number of hydrogen-bond donors (Lipinski definition) is 2. The summed E-state index contributed by atoms with van der Waals surface area (Å²) in [6.45, 7) is 3.09. The first-order chi connectivity index (χ1) is 7.72. The molecule has 0 aromatic carbocycles. The molecule has 0 aliphatic carbocycles. The maximum atomic E-state index is 11.4. The van der Waals surface area contributed by atoms with E-state index in [4.69, 9.17) is 4.74 Å². The second-order valence-electron chi connectivity index (χ2n) is 4.39. The third-order valence-corrected chi connectivity index (χ3v) is 2.97. The van der Waals surface area contributed by atoms with Crippen molar-refractivity contribution in [3.05, 3.63) is 0 Å². The Morgan fingerprint density at radius 1 is 1.56 bits per heavy atom. The Morgan fingerprint density at radius 2 is 2.38 bits per heavy atom. The predicted octanol–water partition coefficient (Wildman–Crippen LogP) is 1.22. The first kappa shape index (κ1) is 13.5. The van der Waals surface area contributed by atoms with Gasteiger partial charge in [0, 0.05) is 19.6 Å². The highest BCUT2D eigenvalue weighted by Gasteiger charge is 2.15. The smallest absolute Gasteiger partial charge is 0.220 e. The Balaban J connectivity index is 2.05. The Morgan fingerprint density at radius 3 is 3.00 bits per heavy atom. The molecule has 4 nitrogen and oxygen atoms in total. The third-order valence-electron chi connectivity index (χ3n) is 2.97. The largest absolute Gasteiger partial charge is 0.391 e. The molecule has 1 amide bonds. The number of nitrogens with one attached hydrogen (secondary N) is 1. The molecular formula is C12H23NO3. The number of carbonyl (C=O) groups is 1. The van der Waals surface area contributed by atoms with Crippen molar-refractivity contribution in [2.45, 2.75) is 57.7 Å². The van der Waals surface area contributed by atoms with E-state index in [1.807, 2.05) is 6.92 Å². The van der Waals surface area contributed by atoms with Crippen molar-refractivity contribution in [2.24, 2.45) is 0 Å². The zero-order valence-electron chi connectivity index (χ0n) is 10.1. The van der Waals surface area contributed by atoms with Crippen LogP contribution in [0, 0.1) is 0 Å². The molecule has 2 N–H and O–H groups in total. The molecule has 2 atom stereocenters. The van der Waals surface area contributed by atoms with E-state index in [1.54, 1.807) is 0 Å². The first-order valence-electron chi connectivity index (χ1n) is 6.28. The number of aliphatic hydroxyl groups excluding tert-OH is 1. The van der Waals surface area contributed by atoms with Crippen molar-refractivity contribution in [1.82, 2.24) is 5.32 Å². The molecule has 0 aromatic rings. The van der Waals surface area contributed by atoms with Crippen LogP contribution in [-0.4, -0.2) is 36.4 Å². The number of ether oxygens (including phenoxy) is 1. The van der Waals surface area contributed by atoms with Crippen molar-refractivity contribution in [3.63, 3.8) is 0 Å². The molecule has 2 unspecified atom stereocenters. The van der Waals surface area contributed by atoms with Gasteiger partial charge in [0.25, 0.3) is 0 Å². The molecule has 1 heterocycles. The zero-order chi connectivity index (χ0) is 11.8. The van der Waals surface area contributed by atoms with E-state index in [1.165, 1.54) is 6.42 Å². The molecule has 16 heavy (non-hydrogen) atoms. The van der Waals surface area contributed by atoms with Crippen LogP contribution in [0.25, 0.3) is 0 Å². The quantitative estimate of drug-likeness (QED) is 0.720. The van der Waals surface area contributed by atoms with Gasteiger partial charge >= 0.3 is 0 Å². The normalized spacial score (nSPS) is 22.8. The number of rotatable bonds is 6. The van der Waals surface area contributed by atoms with E-state index in [0.717, 1.165) is 25.9 Å². The summed E-state index contributed by atoms with van der Waals surface area (Å²) in [7, 11) is 0. The minimum atomic E-state index is -0.421. The minimum Gasteiger partial charge on any atom is -0.391 e. The molecule has 4 heteroatoms. The number of amides is 1. The zero-order valence-corrected chi connectivity index (χ0v) is 10.1. The van der Waals surface area contributed by atoms with Gasteiger partial charge < -0.3 is 15.2 Å². The summed E-state index contributed by atoms with van der Waals surface area (Å²) in [5.41, 5.74) is 0. The highest BCUT2D eigenvalue weighted by molar-refractivity contribution is 5.75. The van der Waals surface area contributed by atoms with Crippen LogP contribution in [0.1, 0.15) is 45.4 Å². The van der Waals surface area contributed by atoms with Gasteiger partial charge in [0.15, 0.2) is 0 Å². The summed E-state index contributed by atoms with van der Waals surface area (Å²) < 4.78 is 5.55. The minimum absolute atomic E-state index is 0.0154. The van der Waals surface area contributed by atoms with E-state index in [2.05, 4.69) is 5.32 Å². The molecule has 0 radical (unpaired) electrons. The fourth-order valence-electron chi connectivity index (χ4n) is 1.79. The predicted molar refractivity (Wildman–Crippen MR) is 62.1 cm³/mol. The van der Waals surface area contributed by atoms with E-state index in [9.17, 15) is 9.90 Å². The lowest BCUT2D eigenvalue weighted by Crippen LogP contribution is -2.32. The SMILES string of the molecule is CCC(O)CNC(=O)CCC1CCCCO1. The summed E-state index contributed by atoms with van der Waals surface area (Å²) in [4.78, 5) is 11.4. The van der Waals surface area contributed by atoms with E-state index >= 15 is 0 Å². The Bertz CT molecular complexity index is 202. The molecule has 0 spiro atoms. The van der Waals surface area contributed by atoms with Gasteiger partial charge in [0.05, 0.1) is 12.2 Å². The molecule has 1 rings (SSSR count). The third kappa shape index (κ3) is 5.47. The molecule has 1 saturated heterocycles. The molecule has 0 bridgehead atoms. The summed E-state index contributed by atoms with van der Waals surface area (Å²) in [6.07, 6.45) is 5.24. The van der Waals surface area contributed by atoms with Gasteiger partial charge in [-0.3, -0.25) is 4.79 Å². The van der Waals surface area contributed by atoms with E-state index in [-0.39, 0.29) is 12.0 Å². The molecule has 0 aromatic heterocycles. The van der Waals surface area contributed by atoms with Crippen molar-refractivity contribution in [3.8, 4) is 0 Å². The lowest BCUT2D eigenvalue weighted by atomic mass is 10.0. The monoisotopic (exact) mass is 229 g/mol. The topological polar surface area (TPSA) is 58.6 Å². The van der Waals surface area contributed by atoms with Crippen molar-refractivity contribution in [2.75, 3.05) is 13.2 Å². The highest BCUT2D eigenvalue weighted by Crippen LogP contribution is 2.16. The van der Waals surface area contributed by atoms with E-state index in [0.29, 0.717) is 19.4 Å². The Hall–Kier alpha value is -0.610. The van der Waals surface area contributed by atoms with Gasteiger partial charge in [-0.1, -0.05) is 6.92 Å². The summed E-state index contributed by atoms with van der Waals surface area (Å²) in [5.74, 6) is 0.0154. The second-order valence-corrected chi connectivity index (χ2v) is 4.39. The second kappa shape index (κ2) is 7.63. The van der Waals surface area contributed by atoms with Gasteiger partial charge in [0.1, 0.15) is 0 Å². The fourth-order valence-corrected chi connectivity index (χ4v) is 1.79. The van der Waals surface area contributed by atoms with E-state index < -0.39 is 6.10 Å². The summed E-state index contributed by atoms with van der Waals surface area (Å²) in [6, 6.07) is 0. The molecule has 1 aliphatic heterocycles.